The number of hydrogen-bond acceptors (Lipinski definition) is 4. The van der Waals surface area contributed by atoms with Gasteiger partial charge in [0.2, 0.25) is 0 Å². The first kappa shape index (κ1) is 10.7. The maximum absolute atomic E-state index is 8.93. The van der Waals surface area contributed by atoms with Crippen molar-refractivity contribution in [1.29, 1.82) is 5.26 Å². The lowest BCUT2D eigenvalue weighted by Gasteiger charge is -2.09. The molecule has 0 saturated carbocycles. The lowest BCUT2D eigenvalue weighted by Crippen LogP contribution is -2.09. The molecule has 16 heavy (non-hydrogen) atoms. The number of nitrogen functional groups attached to an aromatic ring is 1. The van der Waals surface area contributed by atoms with Gasteiger partial charge >= 0.3 is 0 Å². The number of anilines is 1. The van der Waals surface area contributed by atoms with Gasteiger partial charge in [0.15, 0.2) is 0 Å². The molecule has 4 nitrogen and oxygen atoms in total. The molecule has 2 aromatic rings. The van der Waals surface area contributed by atoms with Crippen molar-refractivity contribution in [1.82, 2.24) is 4.98 Å². The molecule has 0 aliphatic carbocycles. The van der Waals surface area contributed by atoms with Crippen LogP contribution in [0.15, 0.2) is 18.3 Å². The number of nitrogens with zero attached hydrogens (tertiary/aromatic N) is 2. The summed E-state index contributed by atoms with van der Waals surface area (Å²) in [6.45, 7) is 1.91. The van der Waals surface area contributed by atoms with Gasteiger partial charge in [-0.15, -0.1) is 0 Å². The minimum atomic E-state index is 0.400. The minimum Gasteiger partial charge on any atom is -0.322 e. The van der Waals surface area contributed by atoms with Crippen molar-refractivity contribution < 1.29 is 0 Å². The quantitative estimate of drug-likeness (QED) is 0.585. The van der Waals surface area contributed by atoms with Crippen LogP contribution in [0.5, 0.6) is 0 Å². The first-order valence-electron chi connectivity index (χ1n) is 4.63. The Morgan fingerprint density at radius 2 is 2.25 bits per heavy atom. The smallest absolute Gasteiger partial charge is 0.103 e. The molecule has 1 aromatic heterocycles. The van der Waals surface area contributed by atoms with E-state index in [2.05, 4.69) is 10.4 Å². The Kier molecular flexibility index (Phi) is 2.65. The molecule has 3 N–H and O–H groups in total. The second-order valence-corrected chi connectivity index (χ2v) is 3.86. The number of fused-ring (bicyclic) bond motifs is 1. The number of benzene rings is 1. The highest BCUT2D eigenvalue weighted by Gasteiger charge is 2.10. The van der Waals surface area contributed by atoms with Gasteiger partial charge in [-0.3, -0.25) is 10.8 Å². The summed E-state index contributed by atoms with van der Waals surface area (Å²) in [5.74, 6) is 5.42. The minimum absolute atomic E-state index is 0.400. The van der Waals surface area contributed by atoms with E-state index < -0.39 is 0 Å². The average Bonchev–Trinajstić information content (AvgIpc) is 2.27. The van der Waals surface area contributed by atoms with E-state index in [0.29, 0.717) is 16.3 Å². The topological polar surface area (TPSA) is 74.7 Å². The number of pyridine rings is 1. The molecule has 0 radical (unpaired) electrons. The van der Waals surface area contributed by atoms with Crippen LogP contribution < -0.4 is 11.3 Å². The van der Waals surface area contributed by atoms with E-state index in [1.54, 1.807) is 6.07 Å². The van der Waals surface area contributed by atoms with Gasteiger partial charge in [-0.1, -0.05) is 11.6 Å². The summed E-state index contributed by atoms with van der Waals surface area (Å²) >= 11 is 5.97. The molecule has 1 heterocycles. The van der Waals surface area contributed by atoms with Crippen molar-refractivity contribution in [3.05, 3.63) is 34.5 Å². The molecule has 1 aromatic carbocycles. The van der Waals surface area contributed by atoms with E-state index in [-0.39, 0.29) is 0 Å². The van der Waals surface area contributed by atoms with Gasteiger partial charge in [-0.25, -0.2) is 0 Å². The Balaban J connectivity index is 2.93. The largest absolute Gasteiger partial charge is 0.322 e. The maximum Gasteiger partial charge on any atom is 0.103 e. The highest BCUT2D eigenvalue weighted by atomic mass is 35.5. The first-order valence-corrected chi connectivity index (χ1v) is 5.00. The number of nitrogens with one attached hydrogen (secondary N) is 1. The van der Waals surface area contributed by atoms with Crippen molar-refractivity contribution in [2.45, 2.75) is 6.92 Å². The molecule has 0 aliphatic rings. The normalized spacial score (nSPS) is 10.1. The monoisotopic (exact) mass is 232 g/mol. The number of hydrazine groups is 1. The molecule has 0 amide bonds. The summed E-state index contributed by atoms with van der Waals surface area (Å²) in [5, 5.41) is 10.3. The third-order valence-electron chi connectivity index (χ3n) is 2.39. The van der Waals surface area contributed by atoms with E-state index in [9.17, 15) is 0 Å². The number of hydrogen-bond donors (Lipinski definition) is 2. The zero-order valence-corrected chi connectivity index (χ0v) is 9.34. The summed E-state index contributed by atoms with van der Waals surface area (Å²) in [7, 11) is 0. The SMILES string of the molecule is Cc1cc(Cl)cc2c(NN)c(C#N)cnc12. The maximum atomic E-state index is 8.93. The lowest BCUT2D eigenvalue weighted by molar-refractivity contribution is 1.29. The summed E-state index contributed by atoms with van der Waals surface area (Å²) < 4.78 is 0. The molecule has 0 atom stereocenters. The summed E-state index contributed by atoms with van der Waals surface area (Å²) in [4.78, 5) is 4.22. The van der Waals surface area contributed by atoms with Gasteiger partial charge in [-0.05, 0) is 24.6 Å². The molecule has 0 bridgehead atoms. The lowest BCUT2D eigenvalue weighted by atomic mass is 10.1. The van der Waals surface area contributed by atoms with Crippen molar-refractivity contribution in [2.24, 2.45) is 5.84 Å². The fraction of sp³-hybridized carbons (Fsp3) is 0.0909. The van der Waals surface area contributed by atoms with Crippen LogP contribution in [-0.4, -0.2) is 4.98 Å². The molecule has 80 valence electrons. The summed E-state index contributed by atoms with van der Waals surface area (Å²) in [6, 6.07) is 5.60. The number of halogens is 1. The van der Waals surface area contributed by atoms with Gasteiger partial charge in [0.1, 0.15) is 6.07 Å². The predicted octanol–water partition coefficient (Wildman–Crippen LogP) is 2.35. The van der Waals surface area contributed by atoms with E-state index in [1.165, 1.54) is 6.20 Å². The number of nitrogens with two attached hydrogens (primary N) is 1. The van der Waals surface area contributed by atoms with E-state index >= 15 is 0 Å². The Morgan fingerprint density at radius 3 is 2.88 bits per heavy atom. The van der Waals surface area contributed by atoms with Crippen molar-refractivity contribution >= 4 is 28.2 Å². The fourth-order valence-corrected chi connectivity index (χ4v) is 1.95. The number of nitriles is 1. The van der Waals surface area contributed by atoms with Gasteiger partial charge in [0, 0.05) is 16.6 Å². The standard InChI is InChI=1S/C11H9ClN4/c1-6-2-8(12)3-9-10(6)15-5-7(4-13)11(9)16-14/h2-3,5H,14H2,1H3,(H,15,16). The molecule has 0 fully saturated rings. The number of rotatable bonds is 1. The highest BCUT2D eigenvalue weighted by Crippen LogP contribution is 2.29. The second kappa shape index (κ2) is 3.97. The van der Waals surface area contributed by atoms with Crippen molar-refractivity contribution in [2.75, 3.05) is 5.43 Å². The Hall–Kier alpha value is -1.83. The van der Waals surface area contributed by atoms with Gasteiger partial charge in [-0.2, -0.15) is 5.26 Å². The van der Waals surface area contributed by atoms with Crippen molar-refractivity contribution in [3.63, 3.8) is 0 Å². The predicted molar refractivity (Wildman–Crippen MR) is 64.0 cm³/mol. The highest BCUT2D eigenvalue weighted by molar-refractivity contribution is 6.31. The van der Waals surface area contributed by atoms with Crippen LogP contribution in [0.3, 0.4) is 0 Å². The molecule has 2 rings (SSSR count). The van der Waals surface area contributed by atoms with E-state index in [4.69, 9.17) is 22.7 Å². The number of aryl methyl sites for hydroxylation is 1. The zero-order chi connectivity index (χ0) is 11.7. The van der Waals surface area contributed by atoms with Crippen LogP contribution in [0, 0.1) is 18.3 Å². The molecule has 0 unspecified atom stereocenters. The van der Waals surface area contributed by atoms with Crippen LogP contribution in [-0.2, 0) is 0 Å². The van der Waals surface area contributed by atoms with E-state index in [0.717, 1.165) is 16.5 Å². The van der Waals surface area contributed by atoms with E-state index in [1.807, 2.05) is 19.1 Å². The average molecular weight is 233 g/mol. The fourth-order valence-electron chi connectivity index (χ4n) is 1.68. The molecule has 0 saturated heterocycles. The molecular weight excluding hydrogens is 224 g/mol. The van der Waals surface area contributed by atoms with Gasteiger partial charge in [0.05, 0.1) is 16.8 Å². The van der Waals surface area contributed by atoms with Crippen LogP contribution in [0.1, 0.15) is 11.1 Å². The summed E-state index contributed by atoms with van der Waals surface area (Å²) in [5.41, 5.74) is 5.21. The molecule has 0 spiro atoms. The summed E-state index contributed by atoms with van der Waals surface area (Å²) in [6.07, 6.45) is 1.50. The molecule has 5 heteroatoms. The Bertz CT molecular complexity index is 601. The Labute approximate surface area is 97.6 Å². The second-order valence-electron chi connectivity index (χ2n) is 3.42. The number of aromatic nitrogens is 1. The van der Waals surface area contributed by atoms with Crippen LogP contribution in [0.2, 0.25) is 5.02 Å². The van der Waals surface area contributed by atoms with Crippen LogP contribution in [0.25, 0.3) is 10.9 Å². The zero-order valence-electron chi connectivity index (χ0n) is 8.58. The third kappa shape index (κ3) is 1.56. The first-order chi connectivity index (χ1) is 7.67. The molecular formula is C11H9ClN4. The third-order valence-corrected chi connectivity index (χ3v) is 2.61. The van der Waals surface area contributed by atoms with Crippen molar-refractivity contribution in [3.8, 4) is 6.07 Å². The van der Waals surface area contributed by atoms with Crippen LogP contribution >= 0.6 is 11.6 Å². The Morgan fingerprint density at radius 1 is 1.50 bits per heavy atom. The van der Waals surface area contributed by atoms with Gasteiger partial charge in [0.25, 0.3) is 0 Å². The molecule has 0 aliphatic heterocycles. The van der Waals surface area contributed by atoms with Gasteiger partial charge < -0.3 is 5.43 Å². The van der Waals surface area contributed by atoms with Crippen LogP contribution in [0.4, 0.5) is 5.69 Å².